The van der Waals surface area contributed by atoms with Crippen LogP contribution < -0.4 is 4.74 Å². The molecule has 0 saturated carbocycles. The van der Waals surface area contributed by atoms with Gasteiger partial charge in [-0.2, -0.15) is 5.10 Å². The van der Waals surface area contributed by atoms with Gasteiger partial charge in [0.1, 0.15) is 0 Å². The molecule has 0 aliphatic carbocycles. The molecular formula is C18H17ClN2O3. The van der Waals surface area contributed by atoms with Crippen LogP contribution >= 0.6 is 11.6 Å². The highest BCUT2D eigenvalue weighted by atomic mass is 35.5. The lowest BCUT2D eigenvalue weighted by Crippen LogP contribution is -2.24. The van der Waals surface area contributed by atoms with Gasteiger partial charge in [0, 0.05) is 23.9 Å². The van der Waals surface area contributed by atoms with Gasteiger partial charge in [0.15, 0.2) is 11.5 Å². The Balaban J connectivity index is 1.97. The number of hydrazone groups is 1. The molecule has 2 aromatic rings. The van der Waals surface area contributed by atoms with Crippen molar-refractivity contribution in [1.82, 2.24) is 5.01 Å². The number of nitrogens with zero attached hydrogens (tertiary/aromatic N) is 2. The number of phenols is 1. The van der Waals surface area contributed by atoms with Gasteiger partial charge in [-0.3, -0.25) is 4.79 Å². The fourth-order valence-electron chi connectivity index (χ4n) is 2.83. The molecule has 0 spiro atoms. The first-order valence-corrected chi connectivity index (χ1v) is 7.88. The number of phenolic OH excluding ortho intramolecular Hbond substituents is 1. The van der Waals surface area contributed by atoms with Crippen molar-refractivity contribution >= 4 is 23.2 Å². The monoisotopic (exact) mass is 344 g/mol. The minimum Gasteiger partial charge on any atom is -0.504 e. The van der Waals surface area contributed by atoms with Gasteiger partial charge in [-0.05, 0) is 23.8 Å². The Hall–Kier alpha value is -2.53. The van der Waals surface area contributed by atoms with Crippen molar-refractivity contribution in [3.8, 4) is 11.5 Å². The molecule has 0 saturated heterocycles. The fourth-order valence-corrected chi connectivity index (χ4v) is 3.08. The summed E-state index contributed by atoms with van der Waals surface area (Å²) in [7, 11) is 1.49. The highest BCUT2D eigenvalue weighted by Gasteiger charge is 2.32. The summed E-state index contributed by atoms with van der Waals surface area (Å²) >= 11 is 6.25. The molecule has 124 valence electrons. The van der Waals surface area contributed by atoms with E-state index in [4.69, 9.17) is 16.3 Å². The predicted octanol–water partition coefficient (Wildman–Crippen LogP) is 3.75. The topological polar surface area (TPSA) is 62.1 Å². The zero-order valence-electron chi connectivity index (χ0n) is 13.4. The molecule has 1 aliphatic heterocycles. The number of ether oxygens (including phenoxy) is 1. The molecule has 1 atom stereocenters. The van der Waals surface area contributed by atoms with E-state index in [1.165, 1.54) is 19.0 Å². The van der Waals surface area contributed by atoms with E-state index in [0.717, 1.165) is 16.8 Å². The number of carbonyl (C=O) groups is 1. The molecule has 1 N–H and O–H groups in total. The molecule has 0 unspecified atom stereocenters. The van der Waals surface area contributed by atoms with Crippen LogP contribution in [0.2, 0.25) is 5.02 Å². The zero-order valence-corrected chi connectivity index (χ0v) is 14.1. The van der Waals surface area contributed by atoms with E-state index in [-0.39, 0.29) is 17.7 Å². The van der Waals surface area contributed by atoms with Crippen LogP contribution in [0.5, 0.6) is 11.5 Å². The molecule has 0 radical (unpaired) electrons. The third-order valence-corrected chi connectivity index (χ3v) is 4.34. The highest BCUT2D eigenvalue weighted by Crippen LogP contribution is 2.37. The Morgan fingerprint density at radius 1 is 1.33 bits per heavy atom. The summed E-state index contributed by atoms with van der Waals surface area (Å²) in [5, 5.41) is 16.5. The molecule has 24 heavy (non-hydrogen) atoms. The summed E-state index contributed by atoms with van der Waals surface area (Å²) in [5.41, 5.74) is 2.34. The van der Waals surface area contributed by atoms with Gasteiger partial charge in [-0.1, -0.05) is 35.9 Å². The van der Waals surface area contributed by atoms with Gasteiger partial charge in [-0.25, -0.2) is 5.01 Å². The molecule has 0 fully saturated rings. The van der Waals surface area contributed by atoms with Crippen LogP contribution in [0.15, 0.2) is 47.6 Å². The summed E-state index contributed by atoms with van der Waals surface area (Å²) in [6, 6.07) is 12.2. The predicted molar refractivity (Wildman–Crippen MR) is 92.5 cm³/mol. The van der Waals surface area contributed by atoms with Crippen molar-refractivity contribution in [3.05, 3.63) is 58.6 Å². The standard InChI is InChI=1S/C18H17ClN2O3/c1-11(22)21-16(12-7-8-18(24-2)17(23)9-12)10-15(20-21)13-5-3-4-6-14(13)19/h3-9,16,23H,10H2,1-2H3/t16-/m1/s1. The van der Waals surface area contributed by atoms with Crippen LogP contribution in [0.1, 0.15) is 30.5 Å². The number of amides is 1. The number of methoxy groups -OCH3 is 1. The SMILES string of the molecule is COc1ccc([C@H]2CC(c3ccccc3Cl)=NN2C(C)=O)cc1O. The summed E-state index contributed by atoms with van der Waals surface area (Å²) < 4.78 is 5.07. The first-order chi connectivity index (χ1) is 11.5. The van der Waals surface area contributed by atoms with Crippen LogP contribution in [-0.4, -0.2) is 28.8 Å². The van der Waals surface area contributed by atoms with Crippen molar-refractivity contribution in [2.75, 3.05) is 7.11 Å². The fraction of sp³-hybridized carbons (Fsp3) is 0.222. The molecule has 1 aliphatic rings. The average Bonchev–Trinajstić information content (AvgIpc) is 3.00. The average molecular weight is 345 g/mol. The van der Waals surface area contributed by atoms with Crippen molar-refractivity contribution in [1.29, 1.82) is 0 Å². The molecule has 6 heteroatoms. The molecule has 2 aromatic carbocycles. The lowest BCUT2D eigenvalue weighted by Gasteiger charge is -2.21. The summed E-state index contributed by atoms with van der Waals surface area (Å²) in [5.74, 6) is 0.250. The second-order valence-corrected chi connectivity index (χ2v) is 5.95. The second-order valence-electron chi connectivity index (χ2n) is 5.54. The smallest absolute Gasteiger partial charge is 0.240 e. The summed E-state index contributed by atoms with van der Waals surface area (Å²) in [6.07, 6.45) is 0.523. The van der Waals surface area contributed by atoms with Crippen LogP contribution in [0.25, 0.3) is 0 Å². The van der Waals surface area contributed by atoms with Gasteiger partial charge >= 0.3 is 0 Å². The van der Waals surface area contributed by atoms with E-state index in [1.807, 2.05) is 24.3 Å². The van der Waals surface area contributed by atoms with E-state index in [0.29, 0.717) is 17.2 Å². The largest absolute Gasteiger partial charge is 0.504 e. The number of benzene rings is 2. The van der Waals surface area contributed by atoms with E-state index >= 15 is 0 Å². The number of carbonyl (C=O) groups excluding carboxylic acids is 1. The highest BCUT2D eigenvalue weighted by molar-refractivity contribution is 6.34. The third kappa shape index (κ3) is 2.95. The first kappa shape index (κ1) is 16.3. The van der Waals surface area contributed by atoms with E-state index in [1.54, 1.807) is 18.2 Å². The van der Waals surface area contributed by atoms with E-state index in [9.17, 15) is 9.90 Å². The minimum atomic E-state index is -0.287. The number of hydrogen-bond acceptors (Lipinski definition) is 4. The first-order valence-electron chi connectivity index (χ1n) is 7.50. The van der Waals surface area contributed by atoms with Gasteiger partial charge in [0.2, 0.25) is 5.91 Å². The second kappa shape index (κ2) is 6.53. The molecule has 1 heterocycles. The van der Waals surface area contributed by atoms with Gasteiger partial charge in [0.05, 0.1) is 18.9 Å². The minimum absolute atomic E-state index is 0.0321. The van der Waals surface area contributed by atoms with Crippen molar-refractivity contribution in [2.24, 2.45) is 5.10 Å². The number of halogens is 1. The maximum atomic E-state index is 12.0. The maximum absolute atomic E-state index is 12.0. The quantitative estimate of drug-likeness (QED) is 0.922. The normalized spacial score (nSPS) is 16.9. The molecule has 3 rings (SSSR count). The van der Waals surface area contributed by atoms with Gasteiger partial charge < -0.3 is 9.84 Å². The van der Waals surface area contributed by atoms with Crippen molar-refractivity contribution in [2.45, 2.75) is 19.4 Å². The summed E-state index contributed by atoms with van der Waals surface area (Å²) in [4.78, 5) is 12.0. The number of aromatic hydroxyl groups is 1. The Bertz CT molecular complexity index is 820. The van der Waals surface area contributed by atoms with Crippen LogP contribution in [0.4, 0.5) is 0 Å². The summed E-state index contributed by atoms with van der Waals surface area (Å²) in [6.45, 7) is 1.47. The molecule has 5 nitrogen and oxygen atoms in total. The van der Waals surface area contributed by atoms with E-state index in [2.05, 4.69) is 5.10 Å². The van der Waals surface area contributed by atoms with Crippen molar-refractivity contribution < 1.29 is 14.6 Å². The lowest BCUT2D eigenvalue weighted by molar-refractivity contribution is -0.130. The molecule has 0 bridgehead atoms. The third-order valence-electron chi connectivity index (χ3n) is 4.01. The number of hydrogen-bond donors (Lipinski definition) is 1. The Kier molecular flexibility index (Phi) is 4.44. The van der Waals surface area contributed by atoms with Crippen LogP contribution in [-0.2, 0) is 4.79 Å². The Labute approximate surface area is 145 Å². The Morgan fingerprint density at radius 2 is 2.08 bits per heavy atom. The molecule has 0 aromatic heterocycles. The van der Waals surface area contributed by atoms with E-state index < -0.39 is 0 Å². The maximum Gasteiger partial charge on any atom is 0.240 e. The zero-order chi connectivity index (χ0) is 17.3. The number of rotatable bonds is 3. The van der Waals surface area contributed by atoms with Crippen LogP contribution in [0, 0.1) is 0 Å². The Morgan fingerprint density at radius 3 is 2.71 bits per heavy atom. The molecule has 1 amide bonds. The molecular weight excluding hydrogens is 328 g/mol. The lowest BCUT2D eigenvalue weighted by atomic mass is 9.98. The van der Waals surface area contributed by atoms with Gasteiger partial charge in [0.25, 0.3) is 0 Å². The van der Waals surface area contributed by atoms with Crippen LogP contribution in [0.3, 0.4) is 0 Å². The van der Waals surface area contributed by atoms with Gasteiger partial charge in [-0.15, -0.1) is 0 Å². The van der Waals surface area contributed by atoms with Crippen molar-refractivity contribution in [3.63, 3.8) is 0 Å².